The third-order valence-electron chi connectivity index (χ3n) is 4.23. The van der Waals surface area contributed by atoms with Crippen LogP contribution in [0.4, 0.5) is 0 Å². The average molecular weight is 246 g/mol. The highest BCUT2D eigenvalue weighted by atomic mass is 16.5. The van der Waals surface area contributed by atoms with Gasteiger partial charge in [0.05, 0.1) is 0 Å². The lowest BCUT2D eigenvalue weighted by Gasteiger charge is -2.39. The molecule has 0 saturated heterocycles. The van der Waals surface area contributed by atoms with Crippen molar-refractivity contribution in [3.05, 3.63) is 0 Å². The van der Waals surface area contributed by atoms with Gasteiger partial charge in [-0.15, -0.1) is 0 Å². The topological polar surface area (TPSA) is 80.9 Å². The van der Waals surface area contributed by atoms with E-state index in [1.54, 1.807) is 0 Å². The molecule has 4 heteroatoms. The summed E-state index contributed by atoms with van der Waals surface area (Å²) in [6.45, 7) is 4.00. The molecule has 102 valence electrons. The number of hydrogen-bond acceptors (Lipinski definition) is 4. The Labute approximate surface area is 103 Å². The standard InChI is InChI=1S/C13H26O4/c1-13(2,12(16)17)6-11-5-9(7-14)3-4-10(11)8-15/h9-12,14-17H,3-8H2,1-2H3. The Hall–Kier alpha value is -0.160. The van der Waals surface area contributed by atoms with E-state index >= 15 is 0 Å². The number of aliphatic hydroxyl groups excluding tert-OH is 3. The molecule has 1 rings (SSSR count). The Morgan fingerprint density at radius 1 is 1.06 bits per heavy atom. The van der Waals surface area contributed by atoms with E-state index in [0.29, 0.717) is 12.3 Å². The van der Waals surface area contributed by atoms with Gasteiger partial charge in [-0.2, -0.15) is 0 Å². The van der Waals surface area contributed by atoms with Gasteiger partial charge < -0.3 is 20.4 Å². The molecule has 1 saturated carbocycles. The molecule has 0 spiro atoms. The van der Waals surface area contributed by atoms with Crippen LogP contribution in [0.2, 0.25) is 0 Å². The molecule has 0 radical (unpaired) electrons. The van der Waals surface area contributed by atoms with E-state index in [1.807, 2.05) is 13.8 Å². The summed E-state index contributed by atoms with van der Waals surface area (Å²) in [5.74, 6) is 0.799. The summed E-state index contributed by atoms with van der Waals surface area (Å²) in [5, 5.41) is 37.3. The zero-order chi connectivity index (χ0) is 13.1. The predicted octanol–water partition coefficient (Wildman–Crippen LogP) is 0.730. The SMILES string of the molecule is CC(C)(CC1CC(CO)CCC1CO)C(O)O. The van der Waals surface area contributed by atoms with Crippen molar-refractivity contribution >= 4 is 0 Å². The van der Waals surface area contributed by atoms with E-state index in [4.69, 9.17) is 0 Å². The van der Waals surface area contributed by atoms with Crippen LogP contribution in [0.5, 0.6) is 0 Å². The third-order valence-corrected chi connectivity index (χ3v) is 4.23. The minimum absolute atomic E-state index is 0.153. The van der Waals surface area contributed by atoms with Gasteiger partial charge in [0.2, 0.25) is 0 Å². The summed E-state index contributed by atoms with van der Waals surface area (Å²) in [7, 11) is 0. The molecule has 17 heavy (non-hydrogen) atoms. The fraction of sp³-hybridized carbons (Fsp3) is 1.00. The highest BCUT2D eigenvalue weighted by molar-refractivity contribution is 4.84. The second kappa shape index (κ2) is 6.14. The van der Waals surface area contributed by atoms with Crippen LogP contribution in [-0.4, -0.2) is 39.9 Å². The monoisotopic (exact) mass is 246 g/mol. The first-order valence-electron chi connectivity index (χ1n) is 6.48. The molecule has 4 nitrogen and oxygen atoms in total. The van der Waals surface area contributed by atoms with Crippen molar-refractivity contribution in [1.29, 1.82) is 0 Å². The molecule has 3 unspecified atom stereocenters. The zero-order valence-electron chi connectivity index (χ0n) is 10.8. The maximum atomic E-state index is 9.37. The van der Waals surface area contributed by atoms with Crippen molar-refractivity contribution in [1.82, 2.24) is 0 Å². The Balaban J connectivity index is 2.64. The first kappa shape index (κ1) is 14.9. The lowest BCUT2D eigenvalue weighted by atomic mass is 9.68. The lowest BCUT2D eigenvalue weighted by Crippen LogP contribution is -2.37. The minimum Gasteiger partial charge on any atom is -0.396 e. The predicted molar refractivity (Wildman–Crippen MR) is 65.1 cm³/mol. The van der Waals surface area contributed by atoms with Gasteiger partial charge >= 0.3 is 0 Å². The van der Waals surface area contributed by atoms with Crippen LogP contribution in [0.3, 0.4) is 0 Å². The molecule has 0 bridgehead atoms. The van der Waals surface area contributed by atoms with Crippen LogP contribution in [-0.2, 0) is 0 Å². The zero-order valence-corrected chi connectivity index (χ0v) is 10.8. The quantitative estimate of drug-likeness (QED) is 0.539. The summed E-state index contributed by atoms with van der Waals surface area (Å²) in [5.41, 5.74) is -0.560. The Morgan fingerprint density at radius 3 is 2.18 bits per heavy atom. The van der Waals surface area contributed by atoms with Crippen molar-refractivity contribution in [3.63, 3.8) is 0 Å². The second-order valence-corrected chi connectivity index (χ2v) is 6.13. The van der Waals surface area contributed by atoms with Gasteiger partial charge in [0.25, 0.3) is 0 Å². The van der Waals surface area contributed by atoms with E-state index in [2.05, 4.69) is 0 Å². The fourth-order valence-corrected chi connectivity index (χ4v) is 2.86. The molecule has 0 aromatic rings. The summed E-state index contributed by atoms with van der Waals surface area (Å²) in [6.07, 6.45) is 2.09. The number of rotatable bonds is 5. The smallest absolute Gasteiger partial charge is 0.156 e. The van der Waals surface area contributed by atoms with Gasteiger partial charge in [0.15, 0.2) is 6.29 Å². The first-order valence-corrected chi connectivity index (χ1v) is 6.48. The van der Waals surface area contributed by atoms with Crippen LogP contribution in [0, 0.1) is 23.2 Å². The van der Waals surface area contributed by atoms with Gasteiger partial charge in [0, 0.05) is 18.6 Å². The number of hydrogen-bond donors (Lipinski definition) is 4. The van der Waals surface area contributed by atoms with Gasteiger partial charge in [-0.25, -0.2) is 0 Å². The van der Waals surface area contributed by atoms with Crippen LogP contribution in [0.1, 0.15) is 39.5 Å². The Kier molecular flexibility index (Phi) is 5.38. The third kappa shape index (κ3) is 3.91. The van der Waals surface area contributed by atoms with Gasteiger partial charge in [-0.1, -0.05) is 13.8 Å². The van der Waals surface area contributed by atoms with Crippen molar-refractivity contribution in [2.75, 3.05) is 13.2 Å². The molecule has 1 aliphatic rings. The lowest BCUT2D eigenvalue weighted by molar-refractivity contribution is -0.134. The van der Waals surface area contributed by atoms with Crippen molar-refractivity contribution < 1.29 is 20.4 Å². The first-order chi connectivity index (χ1) is 7.90. The molecular formula is C13H26O4. The largest absolute Gasteiger partial charge is 0.396 e. The molecule has 1 aliphatic carbocycles. The van der Waals surface area contributed by atoms with E-state index in [-0.39, 0.29) is 25.0 Å². The van der Waals surface area contributed by atoms with Crippen LogP contribution in [0.15, 0.2) is 0 Å². The highest BCUT2D eigenvalue weighted by Gasteiger charge is 2.36. The molecule has 4 N–H and O–H groups in total. The van der Waals surface area contributed by atoms with E-state index < -0.39 is 11.7 Å². The van der Waals surface area contributed by atoms with Crippen LogP contribution >= 0.6 is 0 Å². The average Bonchev–Trinajstić information content (AvgIpc) is 2.28. The number of aliphatic hydroxyl groups is 4. The maximum Gasteiger partial charge on any atom is 0.156 e. The summed E-state index contributed by atoms with van der Waals surface area (Å²) < 4.78 is 0. The summed E-state index contributed by atoms with van der Waals surface area (Å²) >= 11 is 0. The highest BCUT2D eigenvalue weighted by Crippen LogP contribution is 2.41. The Bertz CT molecular complexity index is 227. The molecule has 1 fully saturated rings. The molecule has 0 aromatic heterocycles. The van der Waals surface area contributed by atoms with E-state index in [1.165, 1.54) is 0 Å². The van der Waals surface area contributed by atoms with Crippen LogP contribution < -0.4 is 0 Å². The Morgan fingerprint density at radius 2 is 1.71 bits per heavy atom. The van der Waals surface area contributed by atoms with Crippen LogP contribution in [0.25, 0.3) is 0 Å². The maximum absolute atomic E-state index is 9.37. The molecule has 3 atom stereocenters. The molecular weight excluding hydrogens is 220 g/mol. The summed E-state index contributed by atoms with van der Waals surface area (Å²) in [4.78, 5) is 0. The normalized spacial score (nSPS) is 30.9. The van der Waals surface area contributed by atoms with E-state index in [0.717, 1.165) is 19.3 Å². The summed E-state index contributed by atoms with van der Waals surface area (Å²) in [6, 6.07) is 0. The van der Waals surface area contributed by atoms with Crippen molar-refractivity contribution in [3.8, 4) is 0 Å². The molecule has 0 amide bonds. The molecule has 0 aliphatic heterocycles. The second-order valence-electron chi connectivity index (χ2n) is 6.13. The van der Waals surface area contributed by atoms with Crippen molar-refractivity contribution in [2.24, 2.45) is 23.2 Å². The van der Waals surface area contributed by atoms with Gasteiger partial charge in [-0.3, -0.25) is 0 Å². The van der Waals surface area contributed by atoms with Gasteiger partial charge in [0.1, 0.15) is 0 Å². The van der Waals surface area contributed by atoms with Crippen molar-refractivity contribution in [2.45, 2.75) is 45.8 Å². The minimum atomic E-state index is -1.34. The van der Waals surface area contributed by atoms with E-state index in [9.17, 15) is 20.4 Å². The van der Waals surface area contributed by atoms with Gasteiger partial charge in [-0.05, 0) is 43.4 Å². The molecule has 0 aromatic carbocycles. The molecule has 0 heterocycles. The fourth-order valence-electron chi connectivity index (χ4n) is 2.86.